The lowest BCUT2D eigenvalue weighted by atomic mass is 9.85. The predicted molar refractivity (Wildman–Crippen MR) is 80.3 cm³/mol. The Morgan fingerprint density at radius 3 is 2.75 bits per heavy atom. The molecular formula is C15H29N3O2. The Morgan fingerprint density at radius 1 is 1.40 bits per heavy atom. The number of nitrogens with one attached hydrogen (secondary N) is 2. The van der Waals surface area contributed by atoms with Crippen molar-refractivity contribution < 1.29 is 9.59 Å². The maximum Gasteiger partial charge on any atom is 0.222 e. The smallest absolute Gasteiger partial charge is 0.222 e. The van der Waals surface area contributed by atoms with Crippen molar-refractivity contribution in [2.45, 2.75) is 39.0 Å². The van der Waals surface area contributed by atoms with Gasteiger partial charge in [0.1, 0.15) is 0 Å². The molecule has 2 N–H and O–H groups in total. The van der Waals surface area contributed by atoms with E-state index >= 15 is 0 Å². The van der Waals surface area contributed by atoms with Gasteiger partial charge in [0.15, 0.2) is 0 Å². The Balaban J connectivity index is 2.11. The lowest BCUT2D eigenvalue weighted by molar-refractivity contribution is -0.129. The predicted octanol–water partition coefficient (Wildman–Crippen LogP) is 0.997. The average Bonchev–Trinajstić information content (AvgIpc) is 2.44. The number of carbonyl (C=O) groups is 2. The van der Waals surface area contributed by atoms with Crippen molar-refractivity contribution >= 4 is 11.8 Å². The fourth-order valence-corrected chi connectivity index (χ4v) is 2.59. The molecule has 5 heteroatoms. The first kappa shape index (κ1) is 17.0. The summed E-state index contributed by atoms with van der Waals surface area (Å²) in [6, 6.07) is 0. The molecule has 1 fully saturated rings. The third-order valence-corrected chi connectivity index (χ3v) is 4.04. The van der Waals surface area contributed by atoms with Gasteiger partial charge in [-0.25, -0.2) is 0 Å². The maximum absolute atomic E-state index is 11.8. The number of rotatable bonds is 7. The van der Waals surface area contributed by atoms with Crippen molar-refractivity contribution in [3.8, 4) is 0 Å². The minimum absolute atomic E-state index is 0.111. The monoisotopic (exact) mass is 283 g/mol. The van der Waals surface area contributed by atoms with Crippen molar-refractivity contribution in [1.29, 1.82) is 0 Å². The number of hydrogen-bond acceptors (Lipinski definition) is 3. The highest BCUT2D eigenvalue weighted by Crippen LogP contribution is 2.22. The molecule has 116 valence electrons. The van der Waals surface area contributed by atoms with Crippen LogP contribution >= 0.6 is 0 Å². The van der Waals surface area contributed by atoms with Crippen LogP contribution in [0.3, 0.4) is 0 Å². The molecule has 0 aromatic rings. The molecule has 1 heterocycles. The molecule has 5 nitrogen and oxygen atoms in total. The summed E-state index contributed by atoms with van der Waals surface area (Å²) in [5, 5.41) is 6.31. The lowest BCUT2D eigenvalue weighted by Crippen LogP contribution is -2.35. The van der Waals surface area contributed by atoms with Gasteiger partial charge < -0.3 is 15.5 Å². The number of amides is 2. The summed E-state index contributed by atoms with van der Waals surface area (Å²) in [6.07, 6.45) is 4.23. The fraction of sp³-hybridized carbons (Fsp3) is 0.867. The summed E-state index contributed by atoms with van der Waals surface area (Å²) in [7, 11) is 3.50. The summed E-state index contributed by atoms with van der Waals surface area (Å²) in [5.74, 6) is 1.26. The van der Waals surface area contributed by atoms with E-state index in [-0.39, 0.29) is 11.8 Å². The van der Waals surface area contributed by atoms with Crippen LogP contribution in [0.2, 0.25) is 0 Å². The summed E-state index contributed by atoms with van der Waals surface area (Å²) in [4.78, 5) is 24.8. The molecule has 1 saturated heterocycles. The van der Waals surface area contributed by atoms with Gasteiger partial charge in [0.2, 0.25) is 11.8 Å². The van der Waals surface area contributed by atoms with E-state index in [1.165, 1.54) is 12.8 Å². The van der Waals surface area contributed by atoms with Crippen molar-refractivity contribution in [3.05, 3.63) is 0 Å². The largest absolute Gasteiger partial charge is 0.356 e. The second-order valence-corrected chi connectivity index (χ2v) is 6.03. The van der Waals surface area contributed by atoms with Gasteiger partial charge in [-0.1, -0.05) is 6.92 Å². The molecule has 2 atom stereocenters. The van der Waals surface area contributed by atoms with Crippen LogP contribution < -0.4 is 10.6 Å². The van der Waals surface area contributed by atoms with Crippen molar-refractivity contribution in [2.75, 3.05) is 33.7 Å². The van der Waals surface area contributed by atoms with Crippen LogP contribution in [0.5, 0.6) is 0 Å². The second kappa shape index (κ2) is 8.95. The summed E-state index contributed by atoms with van der Waals surface area (Å²) in [6.45, 7) is 4.89. The molecule has 2 unspecified atom stereocenters. The Hall–Kier alpha value is -1.10. The molecule has 1 aliphatic heterocycles. The van der Waals surface area contributed by atoms with Gasteiger partial charge in [-0.15, -0.1) is 0 Å². The molecule has 0 bridgehead atoms. The number of piperidine rings is 1. The molecule has 0 saturated carbocycles. The van der Waals surface area contributed by atoms with E-state index in [2.05, 4.69) is 17.6 Å². The first-order valence-electron chi connectivity index (χ1n) is 7.68. The standard InChI is InChI=1S/C15H29N3O2/c1-12(13-6-4-8-16-11-13)10-14(19)17-9-5-7-15(20)18(2)3/h12-13,16H,4-11H2,1-3H3,(H,17,19). The van der Waals surface area contributed by atoms with Crippen molar-refractivity contribution in [2.24, 2.45) is 11.8 Å². The van der Waals surface area contributed by atoms with Gasteiger partial charge in [0.05, 0.1) is 0 Å². The van der Waals surface area contributed by atoms with Gasteiger partial charge in [0, 0.05) is 33.5 Å². The van der Waals surface area contributed by atoms with Gasteiger partial charge in [-0.05, 0) is 44.2 Å². The Kier molecular flexibility index (Phi) is 7.59. The van der Waals surface area contributed by atoms with Gasteiger partial charge >= 0.3 is 0 Å². The van der Waals surface area contributed by atoms with E-state index in [1.54, 1.807) is 19.0 Å². The van der Waals surface area contributed by atoms with Crippen LogP contribution in [0.1, 0.15) is 39.0 Å². The van der Waals surface area contributed by atoms with Crippen LogP contribution in [0.4, 0.5) is 0 Å². The van der Waals surface area contributed by atoms with E-state index in [0.29, 0.717) is 37.6 Å². The summed E-state index contributed by atoms with van der Waals surface area (Å²) in [5.41, 5.74) is 0. The van der Waals surface area contributed by atoms with E-state index in [4.69, 9.17) is 0 Å². The van der Waals surface area contributed by atoms with E-state index in [1.807, 2.05) is 0 Å². The third-order valence-electron chi connectivity index (χ3n) is 4.04. The molecule has 0 aromatic heterocycles. The average molecular weight is 283 g/mol. The Bertz CT molecular complexity index is 312. The van der Waals surface area contributed by atoms with Crippen molar-refractivity contribution in [3.63, 3.8) is 0 Å². The highest BCUT2D eigenvalue weighted by molar-refractivity contribution is 5.77. The zero-order valence-electron chi connectivity index (χ0n) is 13.1. The van der Waals surface area contributed by atoms with Gasteiger partial charge in [0.25, 0.3) is 0 Å². The molecule has 0 aromatic carbocycles. The zero-order valence-corrected chi connectivity index (χ0v) is 13.1. The molecule has 20 heavy (non-hydrogen) atoms. The van der Waals surface area contributed by atoms with Crippen LogP contribution in [-0.2, 0) is 9.59 Å². The first-order chi connectivity index (χ1) is 9.50. The summed E-state index contributed by atoms with van der Waals surface area (Å²) < 4.78 is 0. The highest BCUT2D eigenvalue weighted by Gasteiger charge is 2.21. The third kappa shape index (κ3) is 6.37. The minimum Gasteiger partial charge on any atom is -0.356 e. The molecule has 0 aliphatic carbocycles. The number of hydrogen-bond donors (Lipinski definition) is 2. The molecule has 1 aliphatic rings. The Morgan fingerprint density at radius 2 is 2.15 bits per heavy atom. The number of nitrogens with zero attached hydrogens (tertiary/aromatic N) is 1. The van der Waals surface area contributed by atoms with E-state index < -0.39 is 0 Å². The topological polar surface area (TPSA) is 61.4 Å². The molecule has 0 radical (unpaired) electrons. The van der Waals surface area contributed by atoms with E-state index in [9.17, 15) is 9.59 Å². The molecule has 2 amide bonds. The first-order valence-corrected chi connectivity index (χ1v) is 7.68. The molecular weight excluding hydrogens is 254 g/mol. The SMILES string of the molecule is CC(CC(=O)NCCCC(=O)N(C)C)C1CCCNC1. The van der Waals surface area contributed by atoms with Crippen LogP contribution in [0, 0.1) is 11.8 Å². The summed E-state index contributed by atoms with van der Waals surface area (Å²) >= 11 is 0. The van der Waals surface area contributed by atoms with Gasteiger partial charge in [-0.2, -0.15) is 0 Å². The van der Waals surface area contributed by atoms with Gasteiger partial charge in [-0.3, -0.25) is 9.59 Å². The van der Waals surface area contributed by atoms with Crippen LogP contribution in [0.25, 0.3) is 0 Å². The molecule has 0 spiro atoms. The lowest BCUT2D eigenvalue weighted by Gasteiger charge is -2.28. The van der Waals surface area contributed by atoms with Crippen LogP contribution in [-0.4, -0.2) is 50.4 Å². The van der Waals surface area contributed by atoms with E-state index in [0.717, 1.165) is 13.1 Å². The van der Waals surface area contributed by atoms with Crippen molar-refractivity contribution in [1.82, 2.24) is 15.5 Å². The Labute approximate surface area is 122 Å². The number of carbonyl (C=O) groups excluding carboxylic acids is 2. The highest BCUT2D eigenvalue weighted by atomic mass is 16.2. The molecule has 1 rings (SSSR count). The second-order valence-electron chi connectivity index (χ2n) is 6.03. The zero-order chi connectivity index (χ0) is 15.0. The van der Waals surface area contributed by atoms with Crippen LogP contribution in [0.15, 0.2) is 0 Å². The quantitative estimate of drug-likeness (QED) is 0.685. The fourth-order valence-electron chi connectivity index (χ4n) is 2.59. The normalized spacial score (nSPS) is 20.2. The maximum atomic E-state index is 11.8. The minimum atomic E-state index is 0.111.